The summed E-state index contributed by atoms with van der Waals surface area (Å²) >= 11 is 1.30. The van der Waals surface area contributed by atoms with E-state index in [0.29, 0.717) is 11.8 Å². The molecule has 0 saturated heterocycles. The molecule has 3 heteroatoms. The third-order valence-electron chi connectivity index (χ3n) is 2.18. The maximum absolute atomic E-state index is 3.34. The number of hydrogen-bond acceptors (Lipinski definition) is 0. The number of halogens is 2. The zero-order chi connectivity index (χ0) is 12.6. The predicted molar refractivity (Wildman–Crippen MR) is 83.1 cm³/mol. The molecule has 0 aliphatic heterocycles. The Kier molecular flexibility index (Phi) is 17.8. The molecule has 0 aromatic carbocycles. The van der Waals surface area contributed by atoms with Crippen LogP contribution in [0.15, 0.2) is 35.5 Å². The zero-order valence-corrected chi connectivity index (χ0v) is 15.6. The Morgan fingerprint density at radius 2 is 1.17 bits per heavy atom. The van der Waals surface area contributed by atoms with Crippen molar-refractivity contribution in [3.8, 4) is 0 Å². The Bertz CT molecular complexity index is 295. The molecule has 18 heavy (non-hydrogen) atoms. The van der Waals surface area contributed by atoms with Gasteiger partial charge in [-0.3, -0.25) is 12.2 Å². The van der Waals surface area contributed by atoms with Gasteiger partial charge in [0, 0.05) is 0 Å². The van der Waals surface area contributed by atoms with Crippen molar-refractivity contribution < 1.29 is 24.2 Å². The van der Waals surface area contributed by atoms with Crippen LogP contribution in [0.1, 0.15) is 27.7 Å². The SMILES string of the molecule is CC1=[C-]C(C)C=C1.CC1=[C-]C(C)C=C1.Cl.Cl.[CH2]=[Zr+2]. The molecular formula is C15H22Cl2Zr. The molecule has 2 rings (SSSR count). The van der Waals surface area contributed by atoms with Crippen LogP contribution in [0.25, 0.3) is 0 Å². The summed E-state index contributed by atoms with van der Waals surface area (Å²) < 4.78 is 3.34. The first-order chi connectivity index (χ1) is 7.58. The Morgan fingerprint density at radius 3 is 1.22 bits per heavy atom. The van der Waals surface area contributed by atoms with Crippen LogP contribution >= 0.6 is 24.8 Å². The van der Waals surface area contributed by atoms with Gasteiger partial charge in [0.1, 0.15) is 0 Å². The van der Waals surface area contributed by atoms with Crippen LogP contribution in [0.4, 0.5) is 0 Å². The molecule has 0 N–H and O–H groups in total. The van der Waals surface area contributed by atoms with Crippen LogP contribution in [-0.4, -0.2) is 4.21 Å². The molecular weight excluding hydrogens is 342 g/mol. The topological polar surface area (TPSA) is 0 Å². The van der Waals surface area contributed by atoms with Crippen molar-refractivity contribution in [1.82, 2.24) is 0 Å². The van der Waals surface area contributed by atoms with Crippen LogP contribution in [0.3, 0.4) is 0 Å². The standard InChI is InChI=1S/2C7H9.CH2.2ClH.Zr/c2*1-6-3-4-7(2)5-6;;;;/h2*3-4,6H,1-2H3;1H2;2*1H;/q2*-1;;;;+2. The molecule has 2 unspecified atom stereocenters. The number of rotatable bonds is 0. The van der Waals surface area contributed by atoms with E-state index in [9.17, 15) is 0 Å². The summed E-state index contributed by atoms with van der Waals surface area (Å²) in [5.74, 6) is 1.11. The molecule has 0 bridgehead atoms. The van der Waals surface area contributed by atoms with Crippen molar-refractivity contribution in [2.45, 2.75) is 27.7 Å². The Morgan fingerprint density at radius 1 is 0.889 bits per heavy atom. The van der Waals surface area contributed by atoms with Crippen molar-refractivity contribution in [2.75, 3.05) is 0 Å². The van der Waals surface area contributed by atoms with E-state index in [0.717, 1.165) is 0 Å². The monoisotopic (exact) mass is 362 g/mol. The van der Waals surface area contributed by atoms with Crippen LogP contribution < -0.4 is 0 Å². The number of allylic oxidation sites excluding steroid dienone is 8. The van der Waals surface area contributed by atoms with Gasteiger partial charge in [-0.2, -0.15) is 12.2 Å². The molecule has 2 atom stereocenters. The molecule has 0 aromatic rings. The second-order valence-electron chi connectivity index (χ2n) is 3.95. The normalized spacial score (nSPS) is 22.3. The van der Waals surface area contributed by atoms with Gasteiger partial charge in [0.2, 0.25) is 0 Å². The third kappa shape index (κ3) is 11.4. The molecule has 0 aromatic heterocycles. The predicted octanol–water partition coefficient (Wildman–Crippen LogP) is 4.69. The minimum atomic E-state index is 0. The maximum atomic E-state index is 3.34. The van der Waals surface area contributed by atoms with E-state index in [4.69, 9.17) is 0 Å². The number of hydrogen-bond donors (Lipinski definition) is 0. The molecule has 2 aliphatic rings. The van der Waals surface area contributed by atoms with Crippen molar-refractivity contribution in [3.63, 3.8) is 0 Å². The van der Waals surface area contributed by atoms with Gasteiger partial charge in [0.05, 0.1) is 0 Å². The van der Waals surface area contributed by atoms with Crippen molar-refractivity contribution in [3.05, 3.63) is 47.6 Å². The van der Waals surface area contributed by atoms with E-state index in [2.05, 4.69) is 68.4 Å². The summed E-state index contributed by atoms with van der Waals surface area (Å²) in [5, 5.41) is 0. The zero-order valence-electron chi connectivity index (χ0n) is 11.5. The molecule has 0 amide bonds. The summed E-state index contributed by atoms with van der Waals surface area (Å²) in [7, 11) is 0. The average Bonchev–Trinajstić information content (AvgIpc) is 2.80. The van der Waals surface area contributed by atoms with Crippen molar-refractivity contribution >= 4 is 29.0 Å². The third-order valence-corrected chi connectivity index (χ3v) is 2.18. The van der Waals surface area contributed by atoms with Crippen LogP contribution in [-0.2, 0) is 24.2 Å². The first-order valence-electron chi connectivity index (χ1n) is 5.50. The molecule has 0 spiro atoms. The fourth-order valence-electron chi connectivity index (χ4n) is 1.49. The fraction of sp³-hybridized carbons (Fsp3) is 0.400. The van der Waals surface area contributed by atoms with Gasteiger partial charge in [0.15, 0.2) is 0 Å². The van der Waals surface area contributed by atoms with E-state index >= 15 is 0 Å². The second-order valence-corrected chi connectivity index (χ2v) is 3.95. The average molecular weight is 364 g/mol. The van der Waals surface area contributed by atoms with E-state index in [1.165, 1.54) is 35.4 Å². The minimum absolute atomic E-state index is 0. The fourth-order valence-corrected chi connectivity index (χ4v) is 1.49. The van der Waals surface area contributed by atoms with Gasteiger partial charge in [-0.05, 0) is 0 Å². The van der Waals surface area contributed by atoms with Crippen molar-refractivity contribution in [1.29, 1.82) is 0 Å². The molecule has 2 aliphatic carbocycles. The molecule has 0 saturated carbocycles. The quantitative estimate of drug-likeness (QED) is 0.547. The summed E-state index contributed by atoms with van der Waals surface area (Å²) in [6, 6.07) is 0. The van der Waals surface area contributed by atoms with Gasteiger partial charge >= 0.3 is 28.4 Å². The Hall–Kier alpha value is 0.293. The van der Waals surface area contributed by atoms with Gasteiger partial charge in [0.25, 0.3) is 0 Å². The molecule has 100 valence electrons. The molecule has 0 heterocycles. The Labute approximate surface area is 139 Å². The van der Waals surface area contributed by atoms with Gasteiger partial charge in [-0.25, -0.2) is 23.3 Å². The summed E-state index contributed by atoms with van der Waals surface area (Å²) in [5.41, 5.74) is 2.54. The van der Waals surface area contributed by atoms with Gasteiger partial charge in [-0.1, -0.05) is 39.5 Å². The van der Waals surface area contributed by atoms with Crippen molar-refractivity contribution in [2.24, 2.45) is 11.8 Å². The molecule has 0 fully saturated rings. The first-order valence-corrected chi connectivity index (χ1v) is 7.23. The van der Waals surface area contributed by atoms with Crippen LogP contribution in [0.5, 0.6) is 0 Å². The second kappa shape index (κ2) is 13.7. The van der Waals surface area contributed by atoms with Gasteiger partial charge in [-0.15, -0.1) is 24.8 Å². The first kappa shape index (κ1) is 23.4. The molecule has 0 nitrogen and oxygen atoms in total. The van der Waals surface area contributed by atoms with E-state index in [1.54, 1.807) is 0 Å². The summed E-state index contributed by atoms with van der Waals surface area (Å²) in [4.78, 5) is 0. The molecule has 0 radical (unpaired) electrons. The van der Waals surface area contributed by atoms with E-state index in [-0.39, 0.29) is 24.8 Å². The van der Waals surface area contributed by atoms with E-state index in [1.807, 2.05) is 0 Å². The summed E-state index contributed by atoms with van der Waals surface area (Å²) in [6.45, 7) is 8.40. The van der Waals surface area contributed by atoms with Gasteiger partial charge < -0.3 is 0 Å². The Balaban J connectivity index is -0.000000200. The van der Waals surface area contributed by atoms with Crippen LogP contribution in [0.2, 0.25) is 0 Å². The van der Waals surface area contributed by atoms with E-state index < -0.39 is 0 Å². The van der Waals surface area contributed by atoms with Crippen LogP contribution in [0, 0.1) is 24.0 Å². The summed E-state index contributed by atoms with van der Waals surface area (Å²) in [6.07, 6.45) is 14.9.